The SMILES string of the molecule is CN(CC1CC(O)C1)C(=O)N1CCC(C(=O)O)C1. The molecule has 0 aromatic heterocycles. The van der Waals surface area contributed by atoms with Gasteiger partial charge in [-0.3, -0.25) is 4.79 Å². The Bertz CT molecular complexity index is 341. The van der Waals surface area contributed by atoms with Gasteiger partial charge in [0.15, 0.2) is 0 Å². The minimum absolute atomic E-state index is 0.0971. The highest BCUT2D eigenvalue weighted by Gasteiger charge is 2.34. The lowest BCUT2D eigenvalue weighted by atomic mass is 9.82. The molecule has 0 aromatic carbocycles. The van der Waals surface area contributed by atoms with Crippen LogP contribution in [0.4, 0.5) is 4.79 Å². The summed E-state index contributed by atoms with van der Waals surface area (Å²) in [5.74, 6) is -0.866. The fourth-order valence-corrected chi connectivity index (χ4v) is 2.69. The Hall–Kier alpha value is -1.30. The average molecular weight is 256 g/mol. The summed E-state index contributed by atoms with van der Waals surface area (Å²) in [6.07, 6.45) is 1.85. The minimum atomic E-state index is -0.824. The number of amides is 2. The molecule has 1 unspecified atom stereocenters. The van der Waals surface area contributed by atoms with E-state index in [0.29, 0.717) is 32.0 Å². The van der Waals surface area contributed by atoms with Crippen molar-refractivity contribution < 1.29 is 19.8 Å². The van der Waals surface area contributed by atoms with E-state index >= 15 is 0 Å². The first kappa shape index (κ1) is 13.1. The number of carboxylic acids is 1. The number of likely N-dealkylation sites (tertiary alicyclic amines) is 1. The van der Waals surface area contributed by atoms with Crippen LogP contribution < -0.4 is 0 Å². The number of nitrogens with zero attached hydrogens (tertiary/aromatic N) is 2. The highest BCUT2D eigenvalue weighted by atomic mass is 16.4. The molecule has 6 nitrogen and oxygen atoms in total. The van der Waals surface area contributed by atoms with Crippen molar-refractivity contribution in [2.75, 3.05) is 26.7 Å². The van der Waals surface area contributed by atoms with E-state index in [0.717, 1.165) is 12.8 Å². The Morgan fingerprint density at radius 1 is 1.39 bits per heavy atom. The number of urea groups is 1. The summed E-state index contributed by atoms with van der Waals surface area (Å²) >= 11 is 0. The number of hydrogen-bond donors (Lipinski definition) is 2. The van der Waals surface area contributed by atoms with Crippen LogP contribution in [0.3, 0.4) is 0 Å². The molecule has 1 saturated carbocycles. The summed E-state index contributed by atoms with van der Waals surface area (Å²) in [4.78, 5) is 26.1. The van der Waals surface area contributed by atoms with Crippen LogP contribution in [0.15, 0.2) is 0 Å². The first-order valence-corrected chi connectivity index (χ1v) is 6.38. The van der Waals surface area contributed by atoms with E-state index in [1.807, 2.05) is 0 Å². The fourth-order valence-electron chi connectivity index (χ4n) is 2.69. The molecular formula is C12H20N2O4. The molecule has 1 atom stereocenters. The topological polar surface area (TPSA) is 81.1 Å². The zero-order valence-corrected chi connectivity index (χ0v) is 10.6. The quantitative estimate of drug-likeness (QED) is 0.756. The minimum Gasteiger partial charge on any atom is -0.481 e. The summed E-state index contributed by atoms with van der Waals surface area (Å²) in [5, 5.41) is 18.1. The molecule has 0 bridgehead atoms. The van der Waals surface area contributed by atoms with Gasteiger partial charge < -0.3 is 20.0 Å². The number of aliphatic hydroxyl groups excluding tert-OH is 1. The van der Waals surface area contributed by atoms with Gasteiger partial charge in [0.2, 0.25) is 0 Å². The third kappa shape index (κ3) is 2.75. The zero-order chi connectivity index (χ0) is 13.3. The van der Waals surface area contributed by atoms with Crippen LogP contribution >= 0.6 is 0 Å². The van der Waals surface area contributed by atoms with Crippen molar-refractivity contribution in [3.05, 3.63) is 0 Å². The summed E-state index contributed by atoms with van der Waals surface area (Å²) < 4.78 is 0. The second-order valence-electron chi connectivity index (χ2n) is 5.42. The summed E-state index contributed by atoms with van der Waals surface area (Å²) in [6, 6.07) is -0.0971. The zero-order valence-electron chi connectivity index (χ0n) is 10.6. The van der Waals surface area contributed by atoms with E-state index in [9.17, 15) is 14.7 Å². The second kappa shape index (κ2) is 5.14. The van der Waals surface area contributed by atoms with Crippen LogP contribution in [0, 0.1) is 11.8 Å². The van der Waals surface area contributed by atoms with Gasteiger partial charge in [0.05, 0.1) is 12.0 Å². The number of carboxylic acid groups (broad SMARTS) is 1. The number of hydrogen-bond acceptors (Lipinski definition) is 3. The van der Waals surface area contributed by atoms with Crippen molar-refractivity contribution >= 4 is 12.0 Å². The fraction of sp³-hybridized carbons (Fsp3) is 0.833. The Balaban J connectivity index is 1.78. The van der Waals surface area contributed by atoms with Crippen LogP contribution in [0.1, 0.15) is 19.3 Å². The Morgan fingerprint density at radius 2 is 2.06 bits per heavy atom. The molecule has 1 aliphatic heterocycles. The summed E-state index contributed by atoms with van der Waals surface area (Å²) in [6.45, 7) is 1.48. The van der Waals surface area contributed by atoms with Gasteiger partial charge in [-0.25, -0.2) is 4.79 Å². The standard InChI is InChI=1S/C12H20N2O4/c1-13(6-8-4-10(15)5-8)12(18)14-3-2-9(7-14)11(16)17/h8-10,15H,2-7H2,1H3,(H,16,17). The molecule has 1 aliphatic carbocycles. The van der Waals surface area contributed by atoms with Gasteiger partial charge in [-0.1, -0.05) is 0 Å². The molecule has 1 saturated heterocycles. The molecule has 6 heteroatoms. The van der Waals surface area contributed by atoms with Gasteiger partial charge in [0.25, 0.3) is 0 Å². The lowest BCUT2D eigenvalue weighted by molar-refractivity contribution is -0.141. The van der Waals surface area contributed by atoms with Crippen LogP contribution in [0.25, 0.3) is 0 Å². The molecule has 18 heavy (non-hydrogen) atoms. The van der Waals surface area contributed by atoms with Crippen molar-refractivity contribution in [2.24, 2.45) is 11.8 Å². The number of aliphatic carboxylic acids is 1. The molecule has 2 N–H and O–H groups in total. The maximum atomic E-state index is 12.1. The Morgan fingerprint density at radius 3 is 2.56 bits per heavy atom. The van der Waals surface area contributed by atoms with E-state index in [4.69, 9.17) is 5.11 Å². The summed E-state index contributed by atoms with van der Waals surface area (Å²) in [7, 11) is 1.74. The van der Waals surface area contributed by atoms with Gasteiger partial charge in [0, 0.05) is 26.7 Å². The lowest BCUT2D eigenvalue weighted by Crippen LogP contribution is -2.45. The largest absolute Gasteiger partial charge is 0.481 e. The van der Waals surface area contributed by atoms with E-state index in [1.165, 1.54) is 0 Å². The van der Waals surface area contributed by atoms with E-state index < -0.39 is 11.9 Å². The molecule has 2 amide bonds. The monoisotopic (exact) mass is 256 g/mol. The Labute approximate surface area is 106 Å². The molecular weight excluding hydrogens is 236 g/mol. The third-order valence-electron chi connectivity index (χ3n) is 3.88. The maximum Gasteiger partial charge on any atom is 0.319 e. The van der Waals surface area contributed by atoms with Gasteiger partial charge in [-0.2, -0.15) is 0 Å². The highest BCUT2D eigenvalue weighted by molar-refractivity contribution is 5.77. The van der Waals surface area contributed by atoms with Crippen LogP contribution in [0.2, 0.25) is 0 Å². The molecule has 0 aromatic rings. The van der Waals surface area contributed by atoms with Crippen molar-refractivity contribution in [1.29, 1.82) is 0 Å². The van der Waals surface area contributed by atoms with Gasteiger partial charge in [0.1, 0.15) is 0 Å². The number of rotatable bonds is 3. The molecule has 2 aliphatic rings. The third-order valence-corrected chi connectivity index (χ3v) is 3.88. The average Bonchev–Trinajstić information content (AvgIpc) is 2.75. The molecule has 2 rings (SSSR count). The van der Waals surface area contributed by atoms with Gasteiger partial charge >= 0.3 is 12.0 Å². The molecule has 102 valence electrons. The smallest absolute Gasteiger partial charge is 0.319 e. The normalized spacial score (nSPS) is 31.0. The van der Waals surface area contributed by atoms with Crippen molar-refractivity contribution in [3.63, 3.8) is 0 Å². The van der Waals surface area contributed by atoms with E-state index in [-0.39, 0.29) is 12.1 Å². The van der Waals surface area contributed by atoms with Gasteiger partial charge in [-0.05, 0) is 25.2 Å². The van der Waals surface area contributed by atoms with E-state index in [1.54, 1.807) is 16.8 Å². The predicted molar refractivity (Wildman–Crippen MR) is 64.1 cm³/mol. The molecule has 0 spiro atoms. The first-order valence-electron chi connectivity index (χ1n) is 6.38. The van der Waals surface area contributed by atoms with E-state index in [2.05, 4.69) is 0 Å². The van der Waals surface area contributed by atoms with Crippen molar-refractivity contribution in [3.8, 4) is 0 Å². The predicted octanol–water partition coefficient (Wildman–Crippen LogP) is 0.216. The molecule has 0 radical (unpaired) electrons. The van der Waals surface area contributed by atoms with Crippen molar-refractivity contribution in [2.45, 2.75) is 25.4 Å². The lowest BCUT2D eigenvalue weighted by Gasteiger charge is -2.35. The highest BCUT2D eigenvalue weighted by Crippen LogP contribution is 2.28. The first-order chi connectivity index (χ1) is 8.47. The van der Waals surface area contributed by atoms with Crippen LogP contribution in [-0.2, 0) is 4.79 Å². The second-order valence-corrected chi connectivity index (χ2v) is 5.42. The number of aliphatic hydroxyl groups is 1. The molecule has 2 fully saturated rings. The Kier molecular flexibility index (Phi) is 3.75. The maximum absolute atomic E-state index is 12.1. The number of carbonyl (C=O) groups excluding carboxylic acids is 1. The van der Waals surface area contributed by atoms with Crippen LogP contribution in [0.5, 0.6) is 0 Å². The van der Waals surface area contributed by atoms with Crippen molar-refractivity contribution in [1.82, 2.24) is 9.80 Å². The molecule has 1 heterocycles. The summed E-state index contributed by atoms with van der Waals surface area (Å²) in [5.41, 5.74) is 0. The van der Waals surface area contributed by atoms with Gasteiger partial charge in [-0.15, -0.1) is 0 Å². The van der Waals surface area contributed by atoms with Crippen LogP contribution in [-0.4, -0.2) is 64.8 Å². The number of carbonyl (C=O) groups is 2.